The van der Waals surface area contributed by atoms with Crippen molar-refractivity contribution in [2.45, 2.75) is 124 Å². The highest BCUT2D eigenvalue weighted by Crippen LogP contribution is 2.54. The third kappa shape index (κ3) is 7.71. The zero-order valence-electron chi connectivity index (χ0n) is 45.1. The minimum atomic E-state index is -0.164. The second-order valence-corrected chi connectivity index (χ2v) is 25.0. The lowest BCUT2D eigenvalue weighted by Gasteiger charge is -2.46. The fourth-order valence-electron chi connectivity index (χ4n) is 13.1. The zero-order chi connectivity index (χ0) is 50.9. The van der Waals surface area contributed by atoms with Gasteiger partial charge in [0, 0.05) is 62.0 Å². The topological polar surface area (TPSA) is 22.9 Å². The van der Waals surface area contributed by atoms with Crippen LogP contribution in [-0.4, -0.2) is 6.71 Å². The lowest BCUT2D eigenvalue weighted by molar-refractivity contribution is 0.403. The van der Waals surface area contributed by atoms with E-state index >= 15 is 0 Å². The van der Waals surface area contributed by atoms with Gasteiger partial charge in [0.1, 0.15) is 11.2 Å². The number of para-hydroxylation sites is 3. The van der Waals surface area contributed by atoms with Gasteiger partial charge in [0.05, 0.1) is 0 Å². The first-order chi connectivity index (χ1) is 34.8. The summed E-state index contributed by atoms with van der Waals surface area (Å²) in [6, 6.07) is 62.0. The molecule has 1 aliphatic carbocycles. The normalized spacial score (nSPS) is 15.4. The molecule has 4 nitrogen and oxygen atoms in total. The van der Waals surface area contributed by atoms with E-state index < -0.39 is 0 Å². The van der Waals surface area contributed by atoms with Crippen molar-refractivity contribution in [3.63, 3.8) is 0 Å². The van der Waals surface area contributed by atoms with E-state index in [1.165, 1.54) is 79.1 Å². The van der Waals surface area contributed by atoms with E-state index in [9.17, 15) is 0 Å². The average Bonchev–Trinajstić information content (AvgIpc) is 3.82. The highest BCUT2D eigenvalue weighted by molar-refractivity contribution is 7.00. The van der Waals surface area contributed by atoms with E-state index in [2.05, 4.69) is 262 Å². The molecule has 0 radical (unpaired) electrons. The van der Waals surface area contributed by atoms with Crippen molar-refractivity contribution in [3.05, 3.63) is 192 Å². The van der Waals surface area contributed by atoms with Crippen LogP contribution in [0.1, 0.15) is 123 Å². The first-order valence-corrected chi connectivity index (χ1v) is 26.8. The average molecular weight is 956 g/mol. The Hall–Kier alpha value is -6.98. The summed E-state index contributed by atoms with van der Waals surface area (Å²) in [5.74, 6) is 0.644. The van der Waals surface area contributed by atoms with Crippen LogP contribution >= 0.6 is 0 Å². The number of benzene rings is 8. The SMILES string of the molecule is Cc1ccc(C(C)(C)CCC(C)C)cc1N1c2cc3c(cc2B2c4ccc(N(c5ccccc5)c5ccccc5)cc4N(c4ccc5oc6ccccc6c5c4)c4cc(C(C)(C)C)cc1c42)C(C)(C)CC3(C)C. The number of anilines is 9. The third-order valence-electron chi connectivity index (χ3n) is 16.9. The summed E-state index contributed by atoms with van der Waals surface area (Å²) in [7, 11) is 0. The molecule has 0 atom stereocenters. The van der Waals surface area contributed by atoms with Crippen molar-refractivity contribution in [1.29, 1.82) is 0 Å². The first-order valence-electron chi connectivity index (χ1n) is 26.8. The molecule has 73 heavy (non-hydrogen) atoms. The van der Waals surface area contributed by atoms with E-state index in [1.807, 2.05) is 0 Å². The molecule has 0 saturated carbocycles. The molecule has 0 bridgehead atoms. The predicted octanol–water partition coefficient (Wildman–Crippen LogP) is 17.4. The standard InChI is InChI=1S/C68H70BN3O/c1-43(2)33-34-66(7,8)45-28-27-44(3)57(35-45)72-59-41-54-53(67(9,10)42-68(54,11)12)40-56(59)69-55-31-29-50(70(47-21-15-13-16-22-47)48-23-17-14-18-24-48)39-58(55)71(60-36-46(65(4,5)6)37-61(72)64(60)69)49-30-32-63-52(38-49)51-25-19-20-26-62(51)73-63/h13-32,35-41,43H,33-34,42H2,1-12H3. The molecule has 366 valence electrons. The van der Waals surface area contributed by atoms with Gasteiger partial charge >= 0.3 is 0 Å². The van der Waals surface area contributed by atoms with Crippen LogP contribution in [-0.2, 0) is 21.7 Å². The van der Waals surface area contributed by atoms with E-state index in [-0.39, 0.29) is 28.4 Å². The minimum Gasteiger partial charge on any atom is -0.456 e. The molecular weight excluding hydrogens is 886 g/mol. The number of aryl methyl sites for hydroxylation is 1. The summed E-state index contributed by atoms with van der Waals surface area (Å²) in [6.07, 6.45) is 3.42. The molecule has 0 unspecified atom stereocenters. The van der Waals surface area contributed by atoms with E-state index in [0.717, 1.165) is 57.5 Å². The molecule has 0 saturated heterocycles. The van der Waals surface area contributed by atoms with Crippen LogP contribution in [0.4, 0.5) is 51.2 Å². The maximum Gasteiger partial charge on any atom is 0.252 e. The van der Waals surface area contributed by atoms with Crippen molar-refractivity contribution in [2.24, 2.45) is 5.92 Å². The zero-order valence-corrected chi connectivity index (χ0v) is 45.1. The number of hydrogen-bond acceptors (Lipinski definition) is 4. The van der Waals surface area contributed by atoms with E-state index in [4.69, 9.17) is 4.42 Å². The van der Waals surface area contributed by atoms with Crippen LogP contribution in [0.3, 0.4) is 0 Å². The van der Waals surface area contributed by atoms with Gasteiger partial charge in [-0.15, -0.1) is 0 Å². The van der Waals surface area contributed by atoms with Gasteiger partial charge in [0.25, 0.3) is 6.71 Å². The lowest BCUT2D eigenvalue weighted by atomic mass is 9.33. The Morgan fingerprint density at radius 2 is 1.15 bits per heavy atom. The van der Waals surface area contributed by atoms with Crippen LogP contribution in [0, 0.1) is 12.8 Å². The summed E-state index contributed by atoms with van der Waals surface area (Å²) < 4.78 is 6.52. The molecule has 3 aliphatic rings. The van der Waals surface area contributed by atoms with Crippen LogP contribution < -0.4 is 31.1 Å². The molecule has 9 aromatic rings. The Kier molecular flexibility index (Phi) is 10.8. The Bertz CT molecular complexity index is 3590. The summed E-state index contributed by atoms with van der Waals surface area (Å²) in [5.41, 5.74) is 23.3. The van der Waals surface area contributed by atoms with Crippen molar-refractivity contribution >= 4 is 96.2 Å². The second-order valence-electron chi connectivity index (χ2n) is 25.0. The Labute approximate surface area is 434 Å². The van der Waals surface area contributed by atoms with Crippen LogP contribution in [0.15, 0.2) is 168 Å². The second kappa shape index (κ2) is 16.8. The Morgan fingerprint density at radius 3 is 1.82 bits per heavy atom. The number of hydrogen-bond donors (Lipinski definition) is 0. The number of furan rings is 1. The summed E-state index contributed by atoms with van der Waals surface area (Å²) in [4.78, 5) is 7.71. The van der Waals surface area contributed by atoms with Crippen molar-refractivity contribution in [2.75, 3.05) is 14.7 Å². The first kappa shape index (κ1) is 47.1. The van der Waals surface area contributed by atoms with Gasteiger partial charge in [-0.3, -0.25) is 0 Å². The molecule has 3 heterocycles. The molecule has 5 heteroatoms. The van der Waals surface area contributed by atoms with Crippen molar-refractivity contribution in [1.82, 2.24) is 0 Å². The number of nitrogens with zero attached hydrogens (tertiary/aromatic N) is 3. The number of fused-ring (bicyclic) bond motifs is 8. The largest absolute Gasteiger partial charge is 0.456 e. The summed E-state index contributed by atoms with van der Waals surface area (Å²) >= 11 is 0. The van der Waals surface area contributed by atoms with Crippen molar-refractivity contribution < 1.29 is 4.42 Å². The summed E-state index contributed by atoms with van der Waals surface area (Å²) in [5, 5.41) is 2.24. The predicted molar refractivity (Wildman–Crippen MR) is 314 cm³/mol. The maximum absolute atomic E-state index is 6.52. The van der Waals surface area contributed by atoms with Gasteiger partial charge in [-0.05, 0) is 176 Å². The highest BCUT2D eigenvalue weighted by Gasteiger charge is 2.49. The fraction of sp³-hybridized carbons (Fsp3) is 0.294. The molecule has 0 amide bonds. The van der Waals surface area contributed by atoms with Gasteiger partial charge in [-0.2, -0.15) is 0 Å². The van der Waals surface area contributed by atoms with Gasteiger partial charge in [0.2, 0.25) is 0 Å². The third-order valence-corrected chi connectivity index (χ3v) is 16.9. The maximum atomic E-state index is 6.52. The summed E-state index contributed by atoms with van der Waals surface area (Å²) in [6.45, 7) is 28.9. The van der Waals surface area contributed by atoms with Gasteiger partial charge in [0.15, 0.2) is 0 Å². The van der Waals surface area contributed by atoms with Crippen LogP contribution in [0.2, 0.25) is 0 Å². The smallest absolute Gasteiger partial charge is 0.252 e. The highest BCUT2D eigenvalue weighted by atomic mass is 16.3. The quantitative estimate of drug-likeness (QED) is 0.135. The van der Waals surface area contributed by atoms with Gasteiger partial charge in [-0.1, -0.05) is 161 Å². The Balaban J connectivity index is 1.20. The molecule has 0 spiro atoms. The van der Waals surface area contributed by atoms with E-state index in [0.29, 0.717) is 5.92 Å². The molecule has 0 N–H and O–H groups in total. The molecule has 12 rings (SSSR count). The lowest BCUT2D eigenvalue weighted by Crippen LogP contribution is -2.61. The Morgan fingerprint density at radius 1 is 0.548 bits per heavy atom. The molecule has 1 aromatic heterocycles. The monoisotopic (exact) mass is 956 g/mol. The van der Waals surface area contributed by atoms with Crippen LogP contribution in [0.5, 0.6) is 0 Å². The fourth-order valence-corrected chi connectivity index (χ4v) is 13.1. The van der Waals surface area contributed by atoms with Crippen LogP contribution in [0.25, 0.3) is 21.9 Å². The molecular formula is C68H70BN3O. The van der Waals surface area contributed by atoms with Gasteiger partial charge < -0.3 is 19.1 Å². The van der Waals surface area contributed by atoms with E-state index in [1.54, 1.807) is 0 Å². The molecule has 2 aliphatic heterocycles. The number of rotatable bonds is 9. The van der Waals surface area contributed by atoms with Gasteiger partial charge in [-0.25, -0.2) is 0 Å². The molecule has 0 fully saturated rings. The van der Waals surface area contributed by atoms with Crippen molar-refractivity contribution in [3.8, 4) is 0 Å². The minimum absolute atomic E-state index is 0.00123. The molecule has 8 aromatic carbocycles.